The lowest BCUT2D eigenvalue weighted by molar-refractivity contribution is -0.117. The van der Waals surface area contributed by atoms with Gasteiger partial charge in [-0.05, 0) is 31.0 Å². The fourth-order valence-electron chi connectivity index (χ4n) is 1.28. The van der Waals surface area contributed by atoms with Gasteiger partial charge in [0.05, 0.1) is 0 Å². The average Bonchev–Trinajstić information content (AvgIpc) is 2.28. The Balaban J connectivity index is 2.78. The second kappa shape index (κ2) is 6.63. The summed E-state index contributed by atoms with van der Waals surface area (Å²) in [6.07, 6.45) is 0. The molecule has 0 radical (unpaired) electrons. The molecule has 0 saturated heterocycles. The van der Waals surface area contributed by atoms with Gasteiger partial charge in [0.25, 0.3) is 5.91 Å². The minimum absolute atomic E-state index is 0.0261. The van der Waals surface area contributed by atoms with E-state index in [1.165, 1.54) is 12.1 Å². The zero-order valence-electron chi connectivity index (χ0n) is 9.67. The number of hydrogen-bond donors (Lipinski definition) is 3. The highest BCUT2D eigenvalue weighted by Crippen LogP contribution is 2.19. The van der Waals surface area contributed by atoms with Crippen molar-refractivity contribution in [3.8, 4) is 0 Å². The SMILES string of the molecule is C/C(N)=C(/SN)C(=O)NCc1c(F)cccc1Cl. The highest BCUT2D eigenvalue weighted by Gasteiger charge is 2.13. The maximum Gasteiger partial charge on any atom is 0.261 e. The molecule has 0 fully saturated rings. The van der Waals surface area contributed by atoms with Gasteiger partial charge in [-0.1, -0.05) is 17.7 Å². The van der Waals surface area contributed by atoms with E-state index in [2.05, 4.69) is 5.32 Å². The van der Waals surface area contributed by atoms with Crippen LogP contribution in [-0.4, -0.2) is 5.91 Å². The number of halogens is 2. The molecule has 18 heavy (non-hydrogen) atoms. The minimum Gasteiger partial charge on any atom is -0.401 e. The summed E-state index contributed by atoms with van der Waals surface area (Å²) in [7, 11) is 0. The summed E-state index contributed by atoms with van der Waals surface area (Å²) in [5.41, 5.74) is 6.03. The Hall–Kier alpha value is -1.24. The molecule has 0 heterocycles. The molecular weight excluding hydrogens is 277 g/mol. The Morgan fingerprint density at radius 2 is 2.22 bits per heavy atom. The first-order chi connectivity index (χ1) is 8.47. The maximum atomic E-state index is 13.4. The molecule has 7 heteroatoms. The van der Waals surface area contributed by atoms with Crippen molar-refractivity contribution in [3.05, 3.63) is 45.2 Å². The van der Waals surface area contributed by atoms with Gasteiger partial charge < -0.3 is 11.1 Å². The van der Waals surface area contributed by atoms with E-state index in [0.717, 1.165) is 11.9 Å². The monoisotopic (exact) mass is 289 g/mol. The fourth-order valence-corrected chi connectivity index (χ4v) is 1.87. The lowest BCUT2D eigenvalue weighted by Crippen LogP contribution is -2.26. The largest absolute Gasteiger partial charge is 0.401 e. The number of nitrogens with one attached hydrogen (secondary N) is 1. The van der Waals surface area contributed by atoms with Crippen LogP contribution in [0.1, 0.15) is 12.5 Å². The van der Waals surface area contributed by atoms with E-state index in [0.29, 0.717) is 5.70 Å². The van der Waals surface area contributed by atoms with Gasteiger partial charge in [0.1, 0.15) is 10.7 Å². The highest BCUT2D eigenvalue weighted by molar-refractivity contribution is 8.01. The van der Waals surface area contributed by atoms with E-state index in [4.69, 9.17) is 22.5 Å². The maximum absolute atomic E-state index is 13.4. The lowest BCUT2D eigenvalue weighted by atomic mass is 10.2. The average molecular weight is 290 g/mol. The Kier molecular flexibility index (Phi) is 5.46. The molecule has 0 aliphatic carbocycles. The van der Waals surface area contributed by atoms with Crippen LogP contribution in [0.25, 0.3) is 0 Å². The first-order valence-electron chi connectivity index (χ1n) is 5.01. The van der Waals surface area contributed by atoms with Crippen molar-refractivity contribution in [2.24, 2.45) is 10.9 Å². The molecule has 0 aliphatic rings. The van der Waals surface area contributed by atoms with Crippen LogP contribution < -0.4 is 16.2 Å². The van der Waals surface area contributed by atoms with Gasteiger partial charge in [0, 0.05) is 22.8 Å². The van der Waals surface area contributed by atoms with Crippen LogP contribution in [0, 0.1) is 5.82 Å². The van der Waals surface area contributed by atoms with Crippen LogP contribution in [-0.2, 0) is 11.3 Å². The fraction of sp³-hybridized carbons (Fsp3) is 0.182. The lowest BCUT2D eigenvalue weighted by Gasteiger charge is -2.09. The predicted octanol–water partition coefficient (Wildman–Crippen LogP) is 1.89. The zero-order chi connectivity index (χ0) is 13.7. The molecule has 0 aromatic heterocycles. The van der Waals surface area contributed by atoms with E-state index in [1.807, 2.05) is 0 Å². The smallest absolute Gasteiger partial charge is 0.261 e. The number of hydrogen-bond acceptors (Lipinski definition) is 4. The van der Waals surface area contributed by atoms with Crippen LogP contribution in [0.2, 0.25) is 5.02 Å². The number of rotatable bonds is 4. The molecule has 0 aliphatic heterocycles. The van der Waals surface area contributed by atoms with Gasteiger partial charge in [-0.3, -0.25) is 9.93 Å². The van der Waals surface area contributed by atoms with E-state index < -0.39 is 11.7 Å². The third-order valence-corrected chi connectivity index (χ3v) is 3.27. The Bertz CT molecular complexity index is 469. The van der Waals surface area contributed by atoms with Gasteiger partial charge in [0.2, 0.25) is 0 Å². The van der Waals surface area contributed by atoms with E-state index in [9.17, 15) is 9.18 Å². The first kappa shape index (κ1) is 14.8. The highest BCUT2D eigenvalue weighted by atomic mass is 35.5. The van der Waals surface area contributed by atoms with Gasteiger partial charge in [-0.25, -0.2) is 4.39 Å². The Morgan fingerprint density at radius 3 is 2.72 bits per heavy atom. The van der Waals surface area contributed by atoms with E-state index >= 15 is 0 Å². The van der Waals surface area contributed by atoms with Crippen LogP contribution >= 0.6 is 23.5 Å². The molecule has 0 bridgehead atoms. The molecule has 5 N–H and O–H groups in total. The van der Waals surface area contributed by atoms with Gasteiger partial charge in [-0.15, -0.1) is 0 Å². The van der Waals surface area contributed by atoms with Crippen molar-refractivity contribution in [3.63, 3.8) is 0 Å². The number of nitrogens with two attached hydrogens (primary N) is 2. The summed E-state index contributed by atoms with van der Waals surface area (Å²) >= 11 is 6.58. The molecule has 4 nitrogen and oxygen atoms in total. The van der Waals surface area contributed by atoms with Gasteiger partial charge in [0.15, 0.2) is 0 Å². The van der Waals surface area contributed by atoms with Crippen molar-refractivity contribution in [1.29, 1.82) is 0 Å². The number of allylic oxidation sites excluding steroid dienone is 1. The number of amides is 1. The summed E-state index contributed by atoms with van der Waals surface area (Å²) < 4.78 is 13.4. The molecule has 98 valence electrons. The van der Waals surface area contributed by atoms with Crippen molar-refractivity contribution in [2.45, 2.75) is 13.5 Å². The molecule has 0 unspecified atom stereocenters. The number of benzene rings is 1. The topological polar surface area (TPSA) is 81.1 Å². The number of carbonyl (C=O) groups excluding carboxylic acids is 1. The van der Waals surface area contributed by atoms with Gasteiger partial charge >= 0.3 is 0 Å². The normalized spacial score (nSPS) is 12.0. The van der Waals surface area contributed by atoms with Crippen LogP contribution in [0.4, 0.5) is 4.39 Å². The standard InChI is InChI=1S/C11H13ClFN3OS/c1-6(14)10(18-15)11(17)16-5-7-8(12)3-2-4-9(7)13/h2-4H,5,14-15H2,1H3,(H,16,17)/b10-6-. The second-order valence-electron chi connectivity index (χ2n) is 3.51. The van der Waals surface area contributed by atoms with Gasteiger partial charge in [-0.2, -0.15) is 0 Å². The molecule has 1 amide bonds. The summed E-state index contributed by atoms with van der Waals surface area (Å²) in [6.45, 7) is 1.53. The van der Waals surface area contributed by atoms with Crippen LogP contribution in [0.15, 0.2) is 28.8 Å². The number of carbonyl (C=O) groups is 1. The molecule has 1 aromatic rings. The predicted molar refractivity (Wildman–Crippen MR) is 71.9 cm³/mol. The van der Waals surface area contributed by atoms with E-state index in [1.54, 1.807) is 13.0 Å². The van der Waals surface area contributed by atoms with Crippen molar-refractivity contribution in [1.82, 2.24) is 5.32 Å². The molecule has 1 rings (SSSR count). The molecular formula is C11H13ClFN3OS. The Labute approximate surface area is 114 Å². The van der Waals surface area contributed by atoms with Crippen LogP contribution in [0.3, 0.4) is 0 Å². The van der Waals surface area contributed by atoms with Crippen LogP contribution in [0.5, 0.6) is 0 Å². The summed E-state index contributed by atoms with van der Waals surface area (Å²) in [5.74, 6) is -0.931. The minimum atomic E-state index is -0.474. The van der Waals surface area contributed by atoms with Crippen molar-refractivity contribution in [2.75, 3.05) is 0 Å². The summed E-state index contributed by atoms with van der Waals surface area (Å²) in [4.78, 5) is 11.9. The molecule has 0 atom stereocenters. The summed E-state index contributed by atoms with van der Waals surface area (Å²) in [6, 6.07) is 4.32. The molecule has 1 aromatic carbocycles. The summed E-state index contributed by atoms with van der Waals surface area (Å²) in [5, 5.41) is 8.09. The van der Waals surface area contributed by atoms with E-state index in [-0.39, 0.29) is 22.0 Å². The molecule has 0 saturated carbocycles. The first-order valence-corrected chi connectivity index (χ1v) is 6.27. The zero-order valence-corrected chi connectivity index (χ0v) is 11.2. The Morgan fingerprint density at radius 1 is 1.56 bits per heavy atom. The second-order valence-corrected chi connectivity index (χ2v) is 4.56. The third kappa shape index (κ3) is 3.63. The third-order valence-electron chi connectivity index (χ3n) is 2.17. The quantitative estimate of drug-likeness (QED) is 0.584. The van der Waals surface area contributed by atoms with Crippen molar-refractivity contribution < 1.29 is 9.18 Å². The van der Waals surface area contributed by atoms with Crippen molar-refractivity contribution >= 4 is 29.5 Å². The molecule has 0 spiro atoms.